The second kappa shape index (κ2) is 4.93. The van der Waals surface area contributed by atoms with Crippen LogP contribution in [0.2, 0.25) is 0 Å². The molecule has 2 aromatic carbocycles. The molecular formula is C13H11NO2S. The summed E-state index contributed by atoms with van der Waals surface area (Å²) in [6.07, 6.45) is 0. The molecule has 0 radical (unpaired) electrons. The zero-order valence-corrected chi connectivity index (χ0v) is 9.82. The summed E-state index contributed by atoms with van der Waals surface area (Å²) in [7, 11) is 0. The Morgan fingerprint density at radius 1 is 1.12 bits per heavy atom. The number of hydrogen-bond acceptors (Lipinski definition) is 3. The predicted molar refractivity (Wildman–Crippen MR) is 69.8 cm³/mol. The van der Waals surface area contributed by atoms with E-state index in [2.05, 4.69) is 17.9 Å². The second-order valence-electron chi connectivity index (χ2n) is 3.52. The van der Waals surface area contributed by atoms with Gasteiger partial charge in [0.1, 0.15) is 5.75 Å². The number of phenolic OH excluding ortho intramolecular Hbond substituents is 1. The smallest absolute Gasteiger partial charge is 0.256 e. The Hall–Kier alpha value is -1.94. The van der Waals surface area contributed by atoms with Crippen molar-refractivity contribution in [2.24, 2.45) is 0 Å². The van der Waals surface area contributed by atoms with Gasteiger partial charge < -0.3 is 10.4 Å². The minimum Gasteiger partial charge on any atom is -0.508 e. The van der Waals surface area contributed by atoms with Crippen molar-refractivity contribution in [3.63, 3.8) is 0 Å². The minimum atomic E-state index is -0.294. The zero-order valence-electron chi connectivity index (χ0n) is 8.92. The van der Waals surface area contributed by atoms with Crippen LogP contribution in [-0.4, -0.2) is 11.0 Å². The van der Waals surface area contributed by atoms with Crippen LogP contribution in [0.1, 0.15) is 10.4 Å². The first-order chi connectivity index (χ1) is 8.16. The first kappa shape index (κ1) is 11.5. The van der Waals surface area contributed by atoms with Crippen molar-refractivity contribution in [3.05, 3.63) is 54.1 Å². The summed E-state index contributed by atoms with van der Waals surface area (Å²) in [6.45, 7) is 0. The van der Waals surface area contributed by atoms with Crippen molar-refractivity contribution in [1.29, 1.82) is 0 Å². The van der Waals surface area contributed by atoms with E-state index in [4.69, 9.17) is 0 Å². The largest absolute Gasteiger partial charge is 0.508 e. The van der Waals surface area contributed by atoms with E-state index in [1.807, 2.05) is 18.2 Å². The first-order valence-electron chi connectivity index (χ1n) is 5.05. The molecule has 0 aliphatic heterocycles. The molecule has 1 amide bonds. The maximum atomic E-state index is 11.9. The summed E-state index contributed by atoms with van der Waals surface area (Å²) < 4.78 is 0. The highest BCUT2D eigenvalue weighted by Crippen LogP contribution is 2.20. The highest BCUT2D eigenvalue weighted by atomic mass is 32.1. The van der Waals surface area contributed by atoms with E-state index in [1.54, 1.807) is 18.2 Å². The SMILES string of the molecule is O=C(Nc1ccccc1)c1cc(O)ccc1S. The van der Waals surface area contributed by atoms with Crippen LogP contribution >= 0.6 is 12.6 Å². The Kier molecular flexibility index (Phi) is 3.35. The van der Waals surface area contributed by atoms with E-state index >= 15 is 0 Å². The molecule has 86 valence electrons. The van der Waals surface area contributed by atoms with E-state index in [0.717, 1.165) is 0 Å². The molecule has 2 aromatic rings. The number of phenols is 1. The van der Waals surface area contributed by atoms with Crippen LogP contribution in [0, 0.1) is 0 Å². The molecule has 17 heavy (non-hydrogen) atoms. The zero-order chi connectivity index (χ0) is 12.3. The first-order valence-corrected chi connectivity index (χ1v) is 5.50. The number of nitrogens with one attached hydrogen (secondary N) is 1. The number of para-hydroxylation sites is 1. The van der Waals surface area contributed by atoms with Gasteiger partial charge in [0.2, 0.25) is 0 Å². The monoisotopic (exact) mass is 245 g/mol. The molecule has 3 nitrogen and oxygen atoms in total. The third-order valence-electron chi connectivity index (χ3n) is 2.26. The molecule has 0 unspecified atom stereocenters. The lowest BCUT2D eigenvalue weighted by atomic mass is 10.2. The molecule has 4 heteroatoms. The summed E-state index contributed by atoms with van der Waals surface area (Å²) >= 11 is 4.18. The Morgan fingerprint density at radius 2 is 1.82 bits per heavy atom. The van der Waals surface area contributed by atoms with Gasteiger partial charge in [0.05, 0.1) is 5.56 Å². The molecule has 0 aromatic heterocycles. The van der Waals surface area contributed by atoms with Gasteiger partial charge in [-0.05, 0) is 30.3 Å². The molecule has 0 spiro atoms. The summed E-state index contributed by atoms with van der Waals surface area (Å²) in [5, 5.41) is 12.1. The van der Waals surface area contributed by atoms with Crippen molar-refractivity contribution in [2.45, 2.75) is 4.90 Å². The Labute approximate surface area is 105 Å². The maximum absolute atomic E-state index is 11.9. The number of benzene rings is 2. The van der Waals surface area contributed by atoms with Gasteiger partial charge in [-0.15, -0.1) is 12.6 Å². The van der Waals surface area contributed by atoms with Gasteiger partial charge in [-0.3, -0.25) is 4.79 Å². The lowest BCUT2D eigenvalue weighted by Gasteiger charge is -2.07. The van der Waals surface area contributed by atoms with Crippen LogP contribution in [0.15, 0.2) is 53.4 Å². The third kappa shape index (κ3) is 2.79. The average molecular weight is 245 g/mol. The standard InChI is InChI=1S/C13H11NO2S/c15-10-6-7-12(17)11(8-10)13(16)14-9-4-2-1-3-5-9/h1-8,15,17H,(H,14,16). The Bertz CT molecular complexity index is 540. The van der Waals surface area contributed by atoms with Gasteiger partial charge in [-0.25, -0.2) is 0 Å². The molecule has 0 bridgehead atoms. The number of aromatic hydroxyl groups is 1. The molecule has 0 saturated carbocycles. The van der Waals surface area contributed by atoms with Gasteiger partial charge in [0, 0.05) is 10.6 Å². The second-order valence-corrected chi connectivity index (χ2v) is 4.00. The van der Waals surface area contributed by atoms with Crippen molar-refractivity contribution in [3.8, 4) is 5.75 Å². The lowest BCUT2D eigenvalue weighted by molar-refractivity contribution is 0.102. The van der Waals surface area contributed by atoms with Gasteiger partial charge in [0.15, 0.2) is 0 Å². The summed E-state index contributed by atoms with van der Waals surface area (Å²) in [5.74, 6) is -0.252. The molecule has 0 heterocycles. The molecule has 0 atom stereocenters. The van der Waals surface area contributed by atoms with Crippen LogP contribution in [0.5, 0.6) is 5.75 Å². The fourth-order valence-electron chi connectivity index (χ4n) is 1.43. The van der Waals surface area contributed by atoms with Crippen LogP contribution in [0.3, 0.4) is 0 Å². The third-order valence-corrected chi connectivity index (χ3v) is 2.65. The van der Waals surface area contributed by atoms with Gasteiger partial charge in [-0.1, -0.05) is 18.2 Å². The number of amides is 1. The maximum Gasteiger partial charge on any atom is 0.256 e. The molecular weight excluding hydrogens is 234 g/mol. The number of carbonyl (C=O) groups is 1. The van der Waals surface area contributed by atoms with Crippen LogP contribution < -0.4 is 5.32 Å². The fraction of sp³-hybridized carbons (Fsp3) is 0. The average Bonchev–Trinajstić information content (AvgIpc) is 2.33. The van der Waals surface area contributed by atoms with Gasteiger partial charge in [0.25, 0.3) is 5.91 Å². The number of anilines is 1. The highest BCUT2D eigenvalue weighted by Gasteiger charge is 2.10. The lowest BCUT2D eigenvalue weighted by Crippen LogP contribution is -2.12. The van der Waals surface area contributed by atoms with E-state index in [0.29, 0.717) is 16.1 Å². The molecule has 0 aliphatic rings. The number of rotatable bonds is 2. The van der Waals surface area contributed by atoms with Crippen molar-refractivity contribution < 1.29 is 9.90 Å². The quantitative estimate of drug-likeness (QED) is 0.712. The van der Waals surface area contributed by atoms with Crippen molar-refractivity contribution in [2.75, 3.05) is 5.32 Å². The molecule has 0 aliphatic carbocycles. The van der Waals surface area contributed by atoms with Crippen LogP contribution in [-0.2, 0) is 0 Å². The van der Waals surface area contributed by atoms with E-state index < -0.39 is 0 Å². The number of carbonyl (C=O) groups excluding carboxylic acids is 1. The molecule has 0 fully saturated rings. The van der Waals surface area contributed by atoms with E-state index in [-0.39, 0.29) is 11.7 Å². The summed E-state index contributed by atoms with van der Waals surface area (Å²) in [4.78, 5) is 12.4. The van der Waals surface area contributed by atoms with Crippen molar-refractivity contribution in [1.82, 2.24) is 0 Å². The molecule has 0 saturated heterocycles. The normalized spacial score (nSPS) is 9.94. The topological polar surface area (TPSA) is 49.3 Å². The van der Waals surface area contributed by atoms with E-state index in [1.165, 1.54) is 12.1 Å². The Balaban J connectivity index is 2.23. The fourth-order valence-corrected chi connectivity index (χ4v) is 1.67. The van der Waals surface area contributed by atoms with Crippen LogP contribution in [0.4, 0.5) is 5.69 Å². The number of thiol groups is 1. The minimum absolute atomic E-state index is 0.0426. The summed E-state index contributed by atoms with van der Waals surface area (Å²) in [6, 6.07) is 13.6. The van der Waals surface area contributed by atoms with Gasteiger partial charge in [-0.2, -0.15) is 0 Å². The Morgan fingerprint density at radius 3 is 2.53 bits per heavy atom. The number of hydrogen-bond donors (Lipinski definition) is 3. The van der Waals surface area contributed by atoms with Crippen LogP contribution in [0.25, 0.3) is 0 Å². The highest BCUT2D eigenvalue weighted by molar-refractivity contribution is 7.80. The van der Waals surface area contributed by atoms with E-state index in [9.17, 15) is 9.90 Å². The molecule has 2 rings (SSSR count). The molecule has 2 N–H and O–H groups in total. The summed E-state index contributed by atoms with van der Waals surface area (Å²) in [5.41, 5.74) is 1.05. The van der Waals surface area contributed by atoms with Crippen molar-refractivity contribution >= 4 is 24.2 Å². The predicted octanol–water partition coefficient (Wildman–Crippen LogP) is 2.93. The van der Waals surface area contributed by atoms with Gasteiger partial charge >= 0.3 is 0 Å².